The number of fused-ring (bicyclic) bond motifs is 1. The highest BCUT2D eigenvalue weighted by molar-refractivity contribution is 6.22. The van der Waals surface area contributed by atoms with Crippen molar-refractivity contribution in [1.29, 1.82) is 0 Å². The van der Waals surface area contributed by atoms with E-state index in [1.807, 2.05) is 6.92 Å². The first-order valence-electron chi connectivity index (χ1n) is 8.19. The summed E-state index contributed by atoms with van der Waals surface area (Å²) in [5, 5.41) is 2.75. The number of imide groups is 1. The summed E-state index contributed by atoms with van der Waals surface area (Å²) in [6.45, 7) is 5.36. The lowest BCUT2D eigenvalue weighted by Crippen LogP contribution is -2.36. The van der Waals surface area contributed by atoms with Crippen molar-refractivity contribution in [3.8, 4) is 0 Å². The lowest BCUT2D eigenvalue weighted by Gasteiger charge is -2.17. The van der Waals surface area contributed by atoms with Crippen LogP contribution in [0.15, 0.2) is 18.2 Å². The number of hydrogen-bond donors (Lipinski definition) is 1. The average Bonchev–Trinajstić information content (AvgIpc) is 2.84. The summed E-state index contributed by atoms with van der Waals surface area (Å²) in [7, 11) is 1.29. The molecule has 7 nitrogen and oxygen atoms in total. The Balaban J connectivity index is 2.20. The number of benzene rings is 1. The lowest BCUT2D eigenvalue weighted by atomic mass is 10.0. The first-order valence-corrected chi connectivity index (χ1v) is 8.19. The molecule has 0 aliphatic carbocycles. The van der Waals surface area contributed by atoms with Gasteiger partial charge in [0.1, 0.15) is 0 Å². The van der Waals surface area contributed by atoms with E-state index in [0.717, 1.165) is 0 Å². The summed E-state index contributed by atoms with van der Waals surface area (Å²) < 4.78 is 4.61. The molecule has 0 spiro atoms. The van der Waals surface area contributed by atoms with Gasteiger partial charge in [0.05, 0.1) is 24.7 Å². The molecule has 0 aromatic heterocycles. The summed E-state index contributed by atoms with van der Waals surface area (Å²) in [5.41, 5.74) is 0.804. The lowest BCUT2D eigenvalue weighted by molar-refractivity contribution is -0.141. The first kappa shape index (κ1) is 18.6. The highest BCUT2D eigenvalue weighted by Gasteiger charge is 2.37. The maximum atomic E-state index is 12.4. The molecular weight excluding hydrogens is 324 g/mol. The fourth-order valence-electron chi connectivity index (χ4n) is 2.72. The molecule has 134 valence electrons. The van der Waals surface area contributed by atoms with Crippen LogP contribution in [0.2, 0.25) is 0 Å². The minimum atomic E-state index is -0.408. The molecule has 1 aromatic carbocycles. The summed E-state index contributed by atoms with van der Waals surface area (Å²) >= 11 is 0. The van der Waals surface area contributed by atoms with Crippen molar-refractivity contribution in [2.45, 2.75) is 45.7 Å². The van der Waals surface area contributed by atoms with Gasteiger partial charge in [-0.25, -0.2) is 0 Å². The molecule has 0 fully saturated rings. The second-order valence-corrected chi connectivity index (χ2v) is 6.19. The zero-order valence-electron chi connectivity index (χ0n) is 14.8. The van der Waals surface area contributed by atoms with Crippen molar-refractivity contribution in [2.75, 3.05) is 7.11 Å². The molecule has 1 aliphatic rings. The minimum Gasteiger partial charge on any atom is -0.469 e. The number of carbonyl (C=O) groups is 4. The summed E-state index contributed by atoms with van der Waals surface area (Å²) in [5.74, 6) is -1.55. The third-order valence-electron chi connectivity index (χ3n) is 4.17. The van der Waals surface area contributed by atoms with Crippen LogP contribution in [0.4, 0.5) is 0 Å². The fraction of sp³-hybridized carbons (Fsp3) is 0.444. The normalized spacial score (nSPS) is 14.5. The molecule has 1 unspecified atom stereocenters. The summed E-state index contributed by atoms with van der Waals surface area (Å²) in [6.07, 6.45) is 0.631. The van der Waals surface area contributed by atoms with Crippen LogP contribution in [0, 0.1) is 0 Å². The van der Waals surface area contributed by atoms with Gasteiger partial charge in [-0.05, 0) is 38.5 Å². The molecular formula is C18H22N2O5. The number of esters is 1. The average molecular weight is 346 g/mol. The maximum absolute atomic E-state index is 12.4. The molecule has 25 heavy (non-hydrogen) atoms. The Morgan fingerprint density at radius 1 is 1.16 bits per heavy atom. The number of rotatable bonds is 6. The van der Waals surface area contributed by atoms with Crippen LogP contribution in [0.5, 0.6) is 0 Å². The van der Waals surface area contributed by atoms with Gasteiger partial charge in [-0.15, -0.1) is 0 Å². The molecule has 0 saturated heterocycles. The topological polar surface area (TPSA) is 92.8 Å². The van der Waals surface area contributed by atoms with Crippen LogP contribution >= 0.6 is 0 Å². The van der Waals surface area contributed by atoms with Crippen LogP contribution in [-0.2, 0) is 9.53 Å². The molecule has 1 N–H and O–H groups in total. The van der Waals surface area contributed by atoms with Crippen molar-refractivity contribution in [2.24, 2.45) is 0 Å². The van der Waals surface area contributed by atoms with Crippen LogP contribution in [0.1, 0.15) is 64.7 Å². The van der Waals surface area contributed by atoms with Gasteiger partial charge in [0.15, 0.2) is 0 Å². The van der Waals surface area contributed by atoms with E-state index in [1.54, 1.807) is 13.8 Å². The molecule has 1 atom stereocenters. The molecule has 1 heterocycles. The highest BCUT2D eigenvalue weighted by atomic mass is 16.5. The van der Waals surface area contributed by atoms with Gasteiger partial charge in [0.25, 0.3) is 17.7 Å². The molecule has 0 saturated carbocycles. The monoisotopic (exact) mass is 346 g/mol. The second kappa shape index (κ2) is 7.46. The van der Waals surface area contributed by atoms with Crippen molar-refractivity contribution in [3.05, 3.63) is 34.9 Å². The first-order chi connectivity index (χ1) is 11.8. The van der Waals surface area contributed by atoms with E-state index >= 15 is 0 Å². The second-order valence-electron chi connectivity index (χ2n) is 6.19. The minimum absolute atomic E-state index is 0.0717. The number of nitrogens with one attached hydrogen (secondary N) is 1. The van der Waals surface area contributed by atoms with E-state index in [-0.39, 0.29) is 35.5 Å². The third-order valence-corrected chi connectivity index (χ3v) is 4.17. The highest BCUT2D eigenvalue weighted by Crippen LogP contribution is 2.25. The van der Waals surface area contributed by atoms with Gasteiger partial charge in [-0.3, -0.25) is 24.1 Å². The van der Waals surface area contributed by atoms with Gasteiger partial charge in [0.2, 0.25) is 0 Å². The summed E-state index contributed by atoms with van der Waals surface area (Å²) in [6, 6.07) is 3.81. The van der Waals surface area contributed by atoms with E-state index in [4.69, 9.17) is 0 Å². The van der Waals surface area contributed by atoms with Gasteiger partial charge < -0.3 is 10.1 Å². The molecule has 1 aromatic rings. The molecule has 7 heteroatoms. The zero-order valence-corrected chi connectivity index (χ0v) is 14.8. The summed E-state index contributed by atoms with van der Waals surface area (Å²) in [4.78, 5) is 49.6. The van der Waals surface area contributed by atoms with Crippen LogP contribution in [0.3, 0.4) is 0 Å². The molecule has 0 bridgehead atoms. The number of nitrogens with zero attached hydrogens (tertiary/aromatic N) is 1. The van der Waals surface area contributed by atoms with E-state index in [9.17, 15) is 19.2 Å². The van der Waals surface area contributed by atoms with Crippen molar-refractivity contribution >= 4 is 23.7 Å². The number of hydrogen-bond acceptors (Lipinski definition) is 5. The Morgan fingerprint density at radius 3 is 2.36 bits per heavy atom. The number of methoxy groups -OCH3 is 1. The van der Waals surface area contributed by atoms with Gasteiger partial charge in [-0.1, -0.05) is 6.92 Å². The Kier molecular flexibility index (Phi) is 5.56. The molecule has 1 aliphatic heterocycles. The van der Waals surface area contributed by atoms with Crippen molar-refractivity contribution < 1.29 is 23.9 Å². The SMILES string of the molecule is CCC(CC(=O)OC)NC(=O)c1ccc2c(c1)C(=O)N(C(C)C)C2=O. The van der Waals surface area contributed by atoms with Gasteiger partial charge in [0, 0.05) is 17.6 Å². The number of amides is 3. The molecule has 0 radical (unpaired) electrons. The quantitative estimate of drug-likeness (QED) is 0.626. The van der Waals surface area contributed by atoms with Crippen molar-refractivity contribution in [1.82, 2.24) is 10.2 Å². The number of ether oxygens (including phenoxy) is 1. The van der Waals surface area contributed by atoms with E-state index in [2.05, 4.69) is 10.1 Å². The van der Waals surface area contributed by atoms with Crippen LogP contribution in [-0.4, -0.2) is 47.8 Å². The van der Waals surface area contributed by atoms with Crippen molar-refractivity contribution in [3.63, 3.8) is 0 Å². The predicted octanol–water partition coefficient (Wildman–Crippen LogP) is 1.76. The Hall–Kier alpha value is -2.70. The van der Waals surface area contributed by atoms with E-state index in [0.29, 0.717) is 12.0 Å². The maximum Gasteiger partial charge on any atom is 0.307 e. The molecule has 3 amide bonds. The third kappa shape index (κ3) is 3.70. The standard InChI is InChI=1S/C18H22N2O5/c1-5-12(9-15(21)25-4)19-16(22)11-6-7-13-14(8-11)18(24)20(10(2)3)17(13)23/h6-8,10,12H,5,9H2,1-4H3,(H,19,22). The predicted molar refractivity (Wildman–Crippen MR) is 90.3 cm³/mol. The zero-order chi connectivity index (χ0) is 18.7. The fourth-order valence-corrected chi connectivity index (χ4v) is 2.72. The van der Waals surface area contributed by atoms with Gasteiger partial charge in [-0.2, -0.15) is 0 Å². The Labute approximate surface area is 146 Å². The van der Waals surface area contributed by atoms with E-state index in [1.165, 1.54) is 30.2 Å². The van der Waals surface area contributed by atoms with Crippen LogP contribution < -0.4 is 5.32 Å². The largest absolute Gasteiger partial charge is 0.469 e. The van der Waals surface area contributed by atoms with Gasteiger partial charge >= 0.3 is 5.97 Å². The Morgan fingerprint density at radius 2 is 1.80 bits per heavy atom. The van der Waals surface area contributed by atoms with Crippen LogP contribution in [0.25, 0.3) is 0 Å². The Bertz CT molecular complexity index is 726. The number of carbonyl (C=O) groups excluding carboxylic acids is 4. The molecule has 2 rings (SSSR count). The smallest absolute Gasteiger partial charge is 0.307 e. The van der Waals surface area contributed by atoms with E-state index < -0.39 is 17.8 Å².